The summed E-state index contributed by atoms with van der Waals surface area (Å²) in [5.41, 5.74) is 14.9. The molecule has 0 saturated carbocycles. The largest absolute Gasteiger partial charge is 0.310 e. The number of nitrogens with zero attached hydrogens (tertiary/aromatic N) is 4. The summed E-state index contributed by atoms with van der Waals surface area (Å²) in [6, 6.07) is 10.1. The molecule has 0 bridgehead atoms. The molecular formula is C66H58N4. The Kier molecular flexibility index (Phi) is 6.35. The van der Waals surface area contributed by atoms with Crippen molar-refractivity contribution < 1.29 is 19.2 Å². The third kappa shape index (κ3) is 5.71. The molecule has 4 aromatic heterocycles. The number of rotatable bonds is 6. The second-order valence-corrected chi connectivity index (χ2v) is 19.7. The highest BCUT2D eigenvalue weighted by Crippen LogP contribution is 2.51. The number of benzene rings is 9. The van der Waals surface area contributed by atoms with E-state index in [2.05, 4.69) is 0 Å². The Hall–Kier alpha value is -7.82. The fourth-order valence-corrected chi connectivity index (χ4v) is 11.1. The molecule has 4 heterocycles. The van der Waals surface area contributed by atoms with Gasteiger partial charge in [-0.2, -0.15) is 0 Å². The van der Waals surface area contributed by atoms with E-state index in [0.29, 0.717) is 22.7 Å². The van der Waals surface area contributed by atoms with Gasteiger partial charge in [0.05, 0.1) is 63.7 Å². The van der Waals surface area contributed by atoms with Crippen LogP contribution in [0.25, 0.3) is 76.2 Å². The second-order valence-electron chi connectivity index (χ2n) is 19.7. The molecule has 4 nitrogen and oxygen atoms in total. The van der Waals surface area contributed by atoms with Crippen LogP contribution in [-0.4, -0.2) is 8.80 Å². The maximum absolute atomic E-state index is 10.6. The third-order valence-corrected chi connectivity index (χ3v) is 15.8. The van der Waals surface area contributed by atoms with Gasteiger partial charge in [0.25, 0.3) is 0 Å². The molecule has 0 spiro atoms. The maximum Gasteiger partial charge on any atom is 0.0653 e. The average molecular weight is 921 g/mol. The highest BCUT2D eigenvalue weighted by Gasteiger charge is 2.28. The van der Waals surface area contributed by atoms with Crippen LogP contribution in [0.4, 0.5) is 34.1 Å². The zero-order chi connectivity index (χ0) is 60.5. The molecule has 70 heavy (non-hydrogen) atoms. The van der Waals surface area contributed by atoms with Crippen molar-refractivity contribution in [3.05, 3.63) is 200 Å². The van der Waals surface area contributed by atoms with Crippen molar-refractivity contribution in [2.24, 2.45) is 0 Å². The molecule has 0 aliphatic carbocycles. The van der Waals surface area contributed by atoms with Crippen LogP contribution in [0.5, 0.6) is 0 Å². The summed E-state index contributed by atoms with van der Waals surface area (Å²) in [5.74, 6) is 0. The van der Waals surface area contributed by atoms with Crippen LogP contribution in [0.2, 0.25) is 0 Å². The molecule has 4 heteroatoms. The van der Waals surface area contributed by atoms with E-state index >= 15 is 0 Å². The molecule has 0 unspecified atom stereocenters. The summed E-state index contributed by atoms with van der Waals surface area (Å²) in [5, 5.41) is 0.427. The van der Waals surface area contributed by atoms with E-state index in [4.69, 9.17) is 0 Å². The molecule has 13 rings (SSSR count). The first-order valence-corrected chi connectivity index (χ1v) is 23.8. The Morgan fingerprint density at radius 3 is 0.886 bits per heavy atom. The van der Waals surface area contributed by atoms with Crippen LogP contribution >= 0.6 is 0 Å². The predicted molar refractivity (Wildman–Crippen MR) is 302 cm³/mol. The first kappa shape index (κ1) is 29.9. The smallest absolute Gasteiger partial charge is 0.0653 e. The van der Waals surface area contributed by atoms with Crippen molar-refractivity contribution >= 4 is 110 Å². The summed E-state index contributed by atoms with van der Waals surface area (Å²) >= 11 is 0. The molecule has 342 valence electrons. The molecule has 0 N–H and O–H groups in total. The lowest BCUT2D eigenvalue weighted by atomic mass is 9.99. The van der Waals surface area contributed by atoms with Crippen LogP contribution in [0.1, 0.15) is 86.0 Å². The number of hydrogen-bond acceptors (Lipinski definition) is 2. The van der Waals surface area contributed by atoms with Crippen molar-refractivity contribution in [1.29, 1.82) is 0 Å². The Balaban J connectivity index is 1.26. The molecule has 0 fully saturated rings. The molecule has 0 radical (unpaired) electrons. The van der Waals surface area contributed by atoms with E-state index in [1.165, 1.54) is 8.80 Å². The van der Waals surface area contributed by atoms with Gasteiger partial charge in [0.1, 0.15) is 0 Å². The molecule has 0 aliphatic rings. The topological polar surface area (TPSA) is 15.3 Å². The zero-order valence-electron chi connectivity index (χ0n) is 55.4. The number of hydrogen-bond donors (Lipinski definition) is 0. The highest BCUT2D eigenvalue weighted by molar-refractivity contribution is 6.31. The maximum atomic E-state index is 10.6. The zero-order valence-corrected chi connectivity index (χ0v) is 41.4. The van der Waals surface area contributed by atoms with Gasteiger partial charge in [-0.15, -0.1) is 0 Å². The van der Waals surface area contributed by atoms with Crippen LogP contribution in [0, 0.1) is 83.1 Å². The molecule has 9 aromatic carbocycles. The average Bonchev–Trinajstić information content (AvgIpc) is 1.72. The predicted octanol–water partition coefficient (Wildman–Crippen LogP) is 18.6. The molecule has 0 atom stereocenters. The van der Waals surface area contributed by atoms with E-state index in [9.17, 15) is 19.2 Å². The van der Waals surface area contributed by atoms with Gasteiger partial charge in [-0.3, -0.25) is 0 Å². The minimum Gasteiger partial charge on any atom is -0.310 e. The van der Waals surface area contributed by atoms with Crippen molar-refractivity contribution in [1.82, 2.24) is 8.80 Å². The Morgan fingerprint density at radius 2 is 0.586 bits per heavy atom. The second kappa shape index (κ2) is 14.8. The lowest BCUT2D eigenvalue weighted by Gasteiger charge is -2.29. The van der Waals surface area contributed by atoms with Crippen LogP contribution < -0.4 is 9.80 Å². The van der Waals surface area contributed by atoms with E-state index in [1.807, 2.05) is 141 Å². The minimum absolute atomic E-state index is 0.00237. The van der Waals surface area contributed by atoms with Gasteiger partial charge in [0.2, 0.25) is 0 Å². The monoisotopic (exact) mass is 921 g/mol. The van der Waals surface area contributed by atoms with E-state index in [0.717, 1.165) is 66.8 Å². The van der Waals surface area contributed by atoms with Gasteiger partial charge >= 0.3 is 0 Å². The van der Waals surface area contributed by atoms with Gasteiger partial charge in [-0.1, -0.05) is 48.3 Å². The lowest BCUT2D eigenvalue weighted by molar-refractivity contribution is 1.19. The number of para-hydroxylation sites is 2. The summed E-state index contributed by atoms with van der Waals surface area (Å²) in [6.45, 7) is 24.0. The number of aryl methyl sites for hydroxylation is 8. The van der Waals surface area contributed by atoms with Gasteiger partial charge < -0.3 is 18.6 Å². The van der Waals surface area contributed by atoms with E-state index in [1.54, 1.807) is 0 Å². The Bertz CT molecular complexity index is 4700. The summed E-state index contributed by atoms with van der Waals surface area (Å²) in [7, 11) is 0. The lowest BCUT2D eigenvalue weighted by Crippen LogP contribution is -2.12. The molecule has 0 amide bonds. The molecule has 0 saturated heterocycles. The summed E-state index contributed by atoms with van der Waals surface area (Å²) < 4.78 is 141. The van der Waals surface area contributed by atoms with Gasteiger partial charge in [0, 0.05) is 65.8 Å². The quantitative estimate of drug-likeness (QED) is 0.165. The first-order valence-electron chi connectivity index (χ1n) is 30.8. The highest BCUT2D eigenvalue weighted by atomic mass is 15.2. The molecular weight excluding hydrogens is 849 g/mol. The first-order chi connectivity index (χ1) is 39.5. The molecule has 13 aromatic rings. The van der Waals surface area contributed by atoms with Crippen LogP contribution in [0.15, 0.2) is 133 Å². The number of anilines is 6. The molecule has 0 aliphatic heterocycles. The van der Waals surface area contributed by atoms with Gasteiger partial charge in [-0.25, -0.2) is 0 Å². The number of aromatic nitrogens is 2. The van der Waals surface area contributed by atoms with Crippen molar-refractivity contribution in [3.63, 3.8) is 0 Å². The standard InChI is InChI=1S/C66H58N4/c1-35-25-47(26-36(2)43(35)9)67(48-27-37(3)44(10)38(4)28-48)57-21-15-23-59-63(57)53-19-13-17-51-55-34-62-56(33-61(55)69(59)65(51)53)52-18-14-20-54-64-58(22-16-24-60(64)70(62)66(52)54)68(49-29-39(5)45(11)40(6)30-49)50-31-41(7)46(12)42(8)32-50/h13-34H,1-12H3/i13D,14D,15D,16D,17D,18D,19D,20D,21D,22D,23D,24D,33D,34D. The van der Waals surface area contributed by atoms with E-state index < -0.39 is 60.4 Å². The fraction of sp³-hybridized carbons (Fsp3) is 0.182. The van der Waals surface area contributed by atoms with Crippen molar-refractivity contribution in [3.8, 4) is 0 Å². The van der Waals surface area contributed by atoms with Crippen molar-refractivity contribution in [2.75, 3.05) is 9.80 Å². The number of fused-ring (bicyclic) bond motifs is 12. The normalized spacial score (nSPS) is 15.1. The summed E-state index contributed by atoms with van der Waals surface area (Å²) in [4.78, 5) is 3.73. The third-order valence-electron chi connectivity index (χ3n) is 15.8. The van der Waals surface area contributed by atoms with Crippen LogP contribution in [-0.2, 0) is 0 Å². The van der Waals surface area contributed by atoms with Crippen molar-refractivity contribution in [2.45, 2.75) is 83.1 Å². The van der Waals surface area contributed by atoms with Crippen LogP contribution in [0.3, 0.4) is 0 Å². The SMILES string of the molecule is [2H]c1c([2H])c([2H])c2c(c1N(c1cc(C)c(C)c(C)c1)c1cc(C)c(C)c(C)c1)c1c([2H])c([2H])c([2H])c3c4c([2H])c5c(c([2H])c4n2c13)c1c([2H])c([2H])c([2H])c2c3c(N(c4cc(C)c(C)c(C)c4)c4cc(C)c(C)c(C)c4)c([2H])c([2H])c([2H])c3n5c21. The van der Waals surface area contributed by atoms with Gasteiger partial charge in [0.15, 0.2) is 0 Å². The van der Waals surface area contributed by atoms with Gasteiger partial charge in [-0.05, 0) is 235 Å². The Labute approximate surface area is 430 Å². The Morgan fingerprint density at radius 1 is 0.314 bits per heavy atom. The fourth-order valence-electron chi connectivity index (χ4n) is 11.1. The minimum atomic E-state index is -0.517. The summed E-state index contributed by atoms with van der Waals surface area (Å²) in [6.07, 6.45) is 0. The van der Waals surface area contributed by atoms with E-state index in [-0.39, 0.29) is 112 Å².